The number of carbonyl (C=O) groups is 2. The molecule has 0 atom stereocenters. The fraction of sp³-hybridized carbons (Fsp3) is 0.316. The standard InChI is InChI=1S/C19H22N2O4/c1-3-19(4-2,18(24)25)12-20-16(22)14-10-11-15(21-17(14)23)13-8-6-5-7-9-13/h5-11H,3-4,12H2,1-2H3,(H,20,22)(H,21,23)(H,24,25). The molecule has 3 N–H and O–H groups in total. The number of nitrogens with one attached hydrogen (secondary N) is 2. The molecule has 0 bridgehead atoms. The molecule has 1 aromatic heterocycles. The molecule has 25 heavy (non-hydrogen) atoms. The van der Waals surface area contributed by atoms with E-state index >= 15 is 0 Å². The third-order valence-corrected chi connectivity index (χ3v) is 4.63. The van der Waals surface area contributed by atoms with Crippen LogP contribution in [-0.4, -0.2) is 28.5 Å². The highest BCUT2D eigenvalue weighted by molar-refractivity contribution is 5.94. The van der Waals surface area contributed by atoms with Crippen LogP contribution in [0.15, 0.2) is 47.3 Å². The smallest absolute Gasteiger partial charge is 0.311 e. The highest BCUT2D eigenvalue weighted by Crippen LogP contribution is 2.25. The first-order chi connectivity index (χ1) is 11.9. The van der Waals surface area contributed by atoms with Crippen molar-refractivity contribution in [2.75, 3.05) is 6.54 Å². The SMILES string of the molecule is CCC(CC)(CNC(=O)c1ccc(-c2ccccc2)[nH]c1=O)C(=O)O. The number of carboxylic acid groups (broad SMARTS) is 1. The highest BCUT2D eigenvalue weighted by atomic mass is 16.4. The predicted octanol–water partition coefficient (Wildman–Crippen LogP) is 2.66. The van der Waals surface area contributed by atoms with Crippen LogP contribution in [0.2, 0.25) is 0 Å². The third kappa shape index (κ3) is 3.96. The van der Waals surface area contributed by atoms with E-state index < -0.39 is 22.9 Å². The molecule has 0 aliphatic rings. The molecule has 6 nitrogen and oxygen atoms in total. The molecule has 0 spiro atoms. The van der Waals surface area contributed by atoms with Gasteiger partial charge in [0.05, 0.1) is 5.41 Å². The van der Waals surface area contributed by atoms with Crippen molar-refractivity contribution in [3.63, 3.8) is 0 Å². The van der Waals surface area contributed by atoms with E-state index in [0.717, 1.165) is 5.56 Å². The summed E-state index contributed by atoms with van der Waals surface area (Å²) in [4.78, 5) is 38.7. The molecule has 0 radical (unpaired) electrons. The largest absolute Gasteiger partial charge is 0.481 e. The Kier molecular flexibility index (Phi) is 5.75. The Morgan fingerprint density at radius 2 is 1.72 bits per heavy atom. The van der Waals surface area contributed by atoms with E-state index in [-0.39, 0.29) is 12.1 Å². The van der Waals surface area contributed by atoms with Crippen LogP contribution in [0, 0.1) is 5.41 Å². The van der Waals surface area contributed by atoms with Gasteiger partial charge in [0.2, 0.25) is 0 Å². The van der Waals surface area contributed by atoms with Gasteiger partial charge in [0, 0.05) is 12.2 Å². The van der Waals surface area contributed by atoms with Gasteiger partial charge in [-0.25, -0.2) is 0 Å². The molecule has 0 saturated carbocycles. The van der Waals surface area contributed by atoms with Crippen LogP contribution in [0.1, 0.15) is 37.0 Å². The van der Waals surface area contributed by atoms with Gasteiger partial charge in [0.25, 0.3) is 11.5 Å². The van der Waals surface area contributed by atoms with Crippen LogP contribution in [0.25, 0.3) is 11.3 Å². The van der Waals surface area contributed by atoms with E-state index in [1.165, 1.54) is 6.07 Å². The number of rotatable bonds is 7. The molecule has 0 fully saturated rings. The summed E-state index contributed by atoms with van der Waals surface area (Å²) in [7, 11) is 0. The van der Waals surface area contributed by atoms with Crippen molar-refractivity contribution in [3.8, 4) is 11.3 Å². The Hall–Kier alpha value is -2.89. The average molecular weight is 342 g/mol. The van der Waals surface area contributed by atoms with Crippen molar-refractivity contribution < 1.29 is 14.7 Å². The maximum Gasteiger partial charge on any atom is 0.311 e. The van der Waals surface area contributed by atoms with Gasteiger partial charge in [0.15, 0.2) is 0 Å². The summed E-state index contributed by atoms with van der Waals surface area (Å²) in [5.41, 5.74) is -0.108. The van der Waals surface area contributed by atoms with Gasteiger partial charge in [0.1, 0.15) is 5.56 Å². The Morgan fingerprint density at radius 3 is 2.24 bits per heavy atom. The van der Waals surface area contributed by atoms with Crippen LogP contribution in [0.4, 0.5) is 0 Å². The minimum Gasteiger partial charge on any atom is -0.481 e. The van der Waals surface area contributed by atoms with Crippen molar-refractivity contribution in [2.24, 2.45) is 5.41 Å². The summed E-state index contributed by atoms with van der Waals surface area (Å²) in [6.07, 6.45) is 0.783. The van der Waals surface area contributed by atoms with E-state index in [4.69, 9.17) is 0 Å². The molecule has 1 amide bonds. The van der Waals surface area contributed by atoms with Crippen LogP contribution in [0.3, 0.4) is 0 Å². The number of benzene rings is 1. The van der Waals surface area contributed by atoms with E-state index in [0.29, 0.717) is 18.5 Å². The van der Waals surface area contributed by atoms with Gasteiger partial charge in [-0.2, -0.15) is 0 Å². The number of amides is 1. The molecule has 2 aromatic rings. The monoisotopic (exact) mass is 342 g/mol. The van der Waals surface area contributed by atoms with Crippen molar-refractivity contribution in [1.82, 2.24) is 10.3 Å². The normalized spacial score (nSPS) is 11.1. The lowest BCUT2D eigenvalue weighted by Crippen LogP contribution is -2.43. The highest BCUT2D eigenvalue weighted by Gasteiger charge is 2.35. The number of pyridine rings is 1. The van der Waals surface area contributed by atoms with E-state index in [9.17, 15) is 19.5 Å². The molecule has 0 saturated heterocycles. The number of aromatic amines is 1. The number of carbonyl (C=O) groups excluding carboxylic acids is 1. The second-order valence-electron chi connectivity index (χ2n) is 5.96. The fourth-order valence-electron chi connectivity index (χ4n) is 2.66. The quantitative estimate of drug-likeness (QED) is 0.720. The number of carboxylic acids is 1. The van der Waals surface area contributed by atoms with Crippen molar-refractivity contribution in [1.29, 1.82) is 0 Å². The first-order valence-electron chi connectivity index (χ1n) is 8.24. The molecule has 1 aromatic carbocycles. The zero-order valence-corrected chi connectivity index (χ0v) is 14.3. The molecule has 132 valence electrons. The number of hydrogen-bond donors (Lipinski definition) is 3. The van der Waals surface area contributed by atoms with Gasteiger partial charge >= 0.3 is 5.97 Å². The summed E-state index contributed by atoms with van der Waals surface area (Å²) in [6.45, 7) is 3.52. The number of aromatic nitrogens is 1. The van der Waals surface area contributed by atoms with Crippen molar-refractivity contribution in [2.45, 2.75) is 26.7 Å². The lowest BCUT2D eigenvalue weighted by Gasteiger charge is -2.26. The van der Waals surface area contributed by atoms with Crippen molar-refractivity contribution >= 4 is 11.9 Å². The van der Waals surface area contributed by atoms with Gasteiger partial charge in [-0.3, -0.25) is 14.4 Å². The Morgan fingerprint density at radius 1 is 1.08 bits per heavy atom. The van der Waals surface area contributed by atoms with E-state index in [1.807, 2.05) is 30.3 Å². The van der Waals surface area contributed by atoms with Crippen LogP contribution < -0.4 is 10.9 Å². The summed E-state index contributed by atoms with van der Waals surface area (Å²) in [6, 6.07) is 12.4. The van der Waals surface area contributed by atoms with Crippen molar-refractivity contribution in [3.05, 3.63) is 58.4 Å². The molecule has 2 rings (SSSR count). The fourth-order valence-corrected chi connectivity index (χ4v) is 2.66. The molecule has 0 aliphatic carbocycles. The summed E-state index contributed by atoms with van der Waals surface area (Å²) in [5.74, 6) is -1.53. The van der Waals surface area contributed by atoms with Gasteiger partial charge in [-0.05, 0) is 30.5 Å². The van der Waals surface area contributed by atoms with Crippen LogP contribution >= 0.6 is 0 Å². The van der Waals surface area contributed by atoms with Gasteiger partial charge < -0.3 is 15.4 Å². The first kappa shape index (κ1) is 18.4. The Balaban J connectivity index is 2.18. The third-order valence-electron chi connectivity index (χ3n) is 4.63. The minimum atomic E-state index is -1.02. The maximum absolute atomic E-state index is 12.3. The summed E-state index contributed by atoms with van der Waals surface area (Å²) in [5, 5.41) is 12.0. The molecule has 6 heteroatoms. The maximum atomic E-state index is 12.3. The zero-order chi connectivity index (χ0) is 18.4. The van der Waals surface area contributed by atoms with Crippen LogP contribution in [0.5, 0.6) is 0 Å². The Labute approximate surface area is 145 Å². The lowest BCUT2D eigenvalue weighted by molar-refractivity contribution is -0.149. The van der Waals surface area contributed by atoms with Crippen LogP contribution in [-0.2, 0) is 4.79 Å². The van der Waals surface area contributed by atoms with E-state index in [1.54, 1.807) is 19.9 Å². The minimum absolute atomic E-state index is 0.0198. The summed E-state index contributed by atoms with van der Waals surface area (Å²) < 4.78 is 0. The zero-order valence-electron chi connectivity index (χ0n) is 14.3. The average Bonchev–Trinajstić information content (AvgIpc) is 2.63. The number of H-pyrrole nitrogens is 1. The lowest BCUT2D eigenvalue weighted by atomic mass is 9.82. The number of hydrogen-bond acceptors (Lipinski definition) is 3. The van der Waals surface area contributed by atoms with Gasteiger partial charge in [-0.1, -0.05) is 44.2 Å². The van der Waals surface area contributed by atoms with E-state index in [2.05, 4.69) is 10.3 Å². The first-order valence-corrected chi connectivity index (χ1v) is 8.24. The Bertz CT molecular complexity index is 808. The van der Waals surface area contributed by atoms with Gasteiger partial charge in [-0.15, -0.1) is 0 Å². The molecular weight excluding hydrogens is 320 g/mol. The molecule has 0 unspecified atom stereocenters. The summed E-state index contributed by atoms with van der Waals surface area (Å²) >= 11 is 0. The number of aliphatic carboxylic acids is 1. The molecular formula is C19H22N2O4. The topological polar surface area (TPSA) is 99.3 Å². The predicted molar refractivity (Wildman–Crippen MR) is 95.5 cm³/mol. The second-order valence-corrected chi connectivity index (χ2v) is 5.96. The second kappa shape index (κ2) is 7.79. The molecule has 0 aliphatic heterocycles. The molecule has 1 heterocycles.